The van der Waals surface area contributed by atoms with Gasteiger partial charge in [0, 0.05) is 0 Å². The highest BCUT2D eigenvalue weighted by Crippen LogP contribution is 2.54. The standard InChI is InChI=1S/C9H20ClO3P/c1-8(2,3)12-14(11,7-10)13-9(4,5)6/h7H2,1-6H3. The molecule has 0 rings (SSSR count). The zero-order valence-corrected chi connectivity index (χ0v) is 11.4. The first-order chi connectivity index (χ1) is 5.97. The van der Waals surface area contributed by atoms with Gasteiger partial charge in [-0.25, -0.2) is 0 Å². The summed E-state index contributed by atoms with van der Waals surface area (Å²) in [4.78, 5) is 0. The summed E-state index contributed by atoms with van der Waals surface area (Å²) >= 11 is 5.61. The van der Waals surface area contributed by atoms with E-state index < -0.39 is 18.8 Å². The topological polar surface area (TPSA) is 35.5 Å². The minimum atomic E-state index is -3.18. The van der Waals surface area contributed by atoms with Gasteiger partial charge in [-0.05, 0) is 41.5 Å². The van der Waals surface area contributed by atoms with Gasteiger partial charge in [-0.3, -0.25) is 4.57 Å². The molecule has 0 unspecified atom stereocenters. The SMILES string of the molecule is CC(C)(C)OP(=O)(CCl)OC(C)(C)C. The zero-order chi connectivity index (χ0) is 11.6. The molecule has 0 aromatic rings. The molecular weight excluding hydrogens is 223 g/mol. The van der Waals surface area contributed by atoms with Gasteiger partial charge >= 0.3 is 7.60 Å². The molecule has 3 nitrogen and oxygen atoms in total. The molecule has 0 radical (unpaired) electrons. The van der Waals surface area contributed by atoms with Crippen molar-refractivity contribution in [3.63, 3.8) is 0 Å². The lowest BCUT2D eigenvalue weighted by atomic mass is 10.2. The van der Waals surface area contributed by atoms with Crippen LogP contribution in [0.25, 0.3) is 0 Å². The molecule has 0 atom stereocenters. The minimum absolute atomic E-state index is 0.123. The molecule has 0 N–H and O–H groups in total. The van der Waals surface area contributed by atoms with Crippen LogP contribution in [-0.2, 0) is 13.6 Å². The normalized spacial score (nSPS) is 14.5. The molecule has 0 fully saturated rings. The molecule has 14 heavy (non-hydrogen) atoms. The third-order valence-corrected chi connectivity index (χ3v) is 3.80. The maximum absolute atomic E-state index is 12.0. The summed E-state index contributed by atoms with van der Waals surface area (Å²) in [5.74, 6) is 0. The Balaban J connectivity index is 4.59. The molecule has 0 saturated carbocycles. The maximum atomic E-state index is 12.0. The van der Waals surface area contributed by atoms with Crippen molar-refractivity contribution in [3.8, 4) is 0 Å². The van der Waals surface area contributed by atoms with Crippen LogP contribution in [0.5, 0.6) is 0 Å². The lowest BCUT2D eigenvalue weighted by Crippen LogP contribution is -2.24. The lowest BCUT2D eigenvalue weighted by Gasteiger charge is -2.30. The van der Waals surface area contributed by atoms with Crippen molar-refractivity contribution < 1.29 is 13.6 Å². The van der Waals surface area contributed by atoms with Crippen molar-refractivity contribution in [1.82, 2.24) is 0 Å². The van der Waals surface area contributed by atoms with Crippen molar-refractivity contribution in [3.05, 3.63) is 0 Å². The second-order valence-electron chi connectivity index (χ2n) is 5.14. The van der Waals surface area contributed by atoms with Crippen molar-refractivity contribution in [2.24, 2.45) is 0 Å². The molecule has 0 aromatic carbocycles. The molecular formula is C9H20ClO3P. The van der Waals surface area contributed by atoms with Crippen LogP contribution in [0.15, 0.2) is 0 Å². The van der Waals surface area contributed by atoms with E-state index >= 15 is 0 Å². The Kier molecular flexibility index (Phi) is 4.67. The van der Waals surface area contributed by atoms with Crippen LogP contribution in [0.4, 0.5) is 0 Å². The van der Waals surface area contributed by atoms with E-state index in [1.54, 1.807) is 0 Å². The average Bonchev–Trinajstić information content (AvgIpc) is 1.78. The molecule has 86 valence electrons. The predicted molar refractivity (Wildman–Crippen MR) is 60.0 cm³/mol. The Hall–Kier alpha value is 0.440. The van der Waals surface area contributed by atoms with Gasteiger partial charge in [-0.15, -0.1) is 11.6 Å². The van der Waals surface area contributed by atoms with E-state index in [4.69, 9.17) is 20.6 Å². The van der Waals surface area contributed by atoms with Gasteiger partial charge < -0.3 is 9.05 Å². The molecule has 0 heterocycles. The molecule has 0 aliphatic heterocycles. The van der Waals surface area contributed by atoms with E-state index in [9.17, 15) is 4.57 Å². The summed E-state index contributed by atoms with van der Waals surface area (Å²) in [6.45, 7) is 10.9. The van der Waals surface area contributed by atoms with Crippen molar-refractivity contribution >= 4 is 19.2 Å². The molecule has 5 heteroatoms. The Morgan fingerprint density at radius 2 is 1.29 bits per heavy atom. The molecule has 0 spiro atoms. The lowest BCUT2D eigenvalue weighted by molar-refractivity contribution is 0.0512. The third kappa shape index (κ3) is 6.83. The summed E-state index contributed by atoms with van der Waals surface area (Å²) in [5.41, 5.74) is -1.16. The Morgan fingerprint density at radius 1 is 1.00 bits per heavy atom. The van der Waals surface area contributed by atoms with Gasteiger partial charge in [0.25, 0.3) is 0 Å². The van der Waals surface area contributed by atoms with Crippen LogP contribution in [0.3, 0.4) is 0 Å². The fourth-order valence-corrected chi connectivity index (χ4v) is 3.00. The highest BCUT2D eigenvalue weighted by Gasteiger charge is 2.34. The highest BCUT2D eigenvalue weighted by atomic mass is 35.5. The van der Waals surface area contributed by atoms with Gasteiger partial charge in [0.05, 0.1) is 11.2 Å². The van der Waals surface area contributed by atoms with Crippen LogP contribution in [0.1, 0.15) is 41.5 Å². The fourth-order valence-electron chi connectivity index (χ4n) is 0.902. The number of hydrogen-bond donors (Lipinski definition) is 0. The van der Waals surface area contributed by atoms with E-state index in [1.807, 2.05) is 41.5 Å². The summed E-state index contributed by atoms with van der Waals surface area (Å²) in [5, 5.41) is 0. The van der Waals surface area contributed by atoms with Gasteiger partial charge in [-0.1, -0.05) is 0 Å². The molecule has 0 saturated heterocycles. The van der Waals surface area contributed by atoms with Gasteiger partial charge in [0.1, 0.15) is 5.62 Å². The summed E-state index contributed by atoms with van der Waals surface area (Å²) in [7, 11) is -3.18. The zero-order valence-electron chi connectivity index (χ0n) is 9.76. The Labute approximate surface area is 91.7 Å². The first kappa shape index (κ1) is 14.4. The average molecular weight is 243 g/mol. The highest BCUT2D eigenvalue weighted by molar-refractivity contribution is 7.55. The fraction of sp³-hybridized carbons (Fsp3) is 1.00. The van der Waals surface area contributed by atoms with Gasteiger partial charge in [0.2, 0.25) is 0 Å². The molecule has 0 aliphatic rings. The van der Waals surface area contributed by atoms with Crippen LogP contribution < -0.4 is 0 Å². The molecule has 0 aliphatic carbocycles. The number of halogens is 1. The monoisotopic (exact) mass is 242 g/mol. The van der Waals surface area contributed by atoms with E-state index in [2.05, 4.69) is 0 Å². The summed E-state index contributed by atoms with van der Waals surface area (Å²) in [6, 6.07) is 0. The van der Waals surface area contributed by atoms with E-state index in [1.165, 1.54) is 0 Å². The Bertz CT molecular complexity index is 207. The first-order valence-corrected chi connectivity index (χ1v) is 6.80. The predicted octanol–water partition coefficient (Wildman–Crippen LogP) is 4.01. The van der Waals surface area contributed by atoms with E-state index in [-0.39, 0.29) is 5.62 Å². The maximum Gasteiger partial charge on any atom is 0.346 e. The van der Waals surface area contributed by atoms with Crippen LogP contribution in [-0.4, -0.2) is 16.8 Å². The smallest absolute Gasteiger partial charge is 0.302 e. The molecule has 0 bridgehead atoms. The van der Waals surface area contributed by atoms with E-state index in [0.717, 1.165) is 0 Å². The number of rotatable bonds is 3. The summed E-state index contributed by atoms with van der Waals surface area (Å²) in [6.07, 6.45) is 0. The van der Waals surface area contributed by atoms with Gasteiger partial charge in [-0.2, -0.15) is 0 Å². The van der Waals surface area contributed by atoms with Crippen LogP contribution in [0.2, 0.25) is 0 Å². The van der Waals surface area contributed by atoms with Crippen LogP contribution >= 0.6 is 19.2 Å². The third-order valence-electron chi connectivity index (χ3n) is 0.972. The van der Waals surface area contributed by atoms with Crippen molar-refractivity contribution in [2.75, 3.05) is 5.62 Å². The largest absolute Gasteiger partial charge is 0.346 e. The van der Waals surface area contributed by atoms with Crippen LogP contribution in [0, 0.1) is 0 Å². The molecule has 0 amide bonds. The van der Waals surface area contributed by atoms with E-state index in [0.29, 0.717) is 0 Å². The second kappa shape index (κ2) is 4.52. The summed E-state index contributed by atoms with van der Waals surface area (Å²) < 4.78 is 22.7. The quantitative estimate of drug-likeness (QED) is 0.554. The van der Waals surface area contributed by atoms with Crippen molar-refractivity contribution in [2.45, 2.75) is 52.7 Å². The van der Waals surface area contributed by atoms with Gasteiger partial charge in [0.15, 0.2) is 0 Å². The Morgan fingerprint density at radius 3 is 1.43 bits per heavy atom. The van der Waals surface area contributed by atoms with Crippen molar-refractivity contribution in [1.29, 1.82) is 0 Å². The molecule has 0 aromatic heterocycles. The number of hydrogen-bond acceptors (Lipinski definition) is 3. The minimum Gasteiger partial charge on any atom is -0.302 e. The number of alkyl halides is 1. The first-order valence-electron chi connectivity index (χ1n) is 4.54. The second-order valence-corrected chi connectivity index (χ2v) is 7.68.